The van der Waals surface area contributed by atoms with Gasteiger partial charge >= 0.3 is 0 Å². The Morgan fingerprint density at radius 3 is 2.52 bits per heavy atom. The molecule has 0 aromatic heterocycles. The van der Waals surface area contributed by atoms with Crippen LogP contribution in [0.1, 0.15) is 23.2 Å². The van der Waals surface area contributed by atoms with Crippen molar-refractivity contribution in [2.24, 2.45) is 0 Å². The second-order valence-corrected chi connectivity index (χ2v) is 7.77. The van der Waals surface area contributed by atoms with E-state index in [0.29, 0.717) is 5.56 Å². The van der Waals surface area contributed by atoms with Gasteiger partial charge in [-0.05, 0) is 44.1 Å². The van der Waals surface area contributed by atoms with Crippen LogP contribution in [0.2, 0.25) is 0 Å². The Labute approximate surface area is 137 Å². The highest BCUT2D eigenvalue weighted by Crippen LogP contribution is 2.27. The SMILES string of the molecule is COc1ccc(C(=O)NC2CCNCC2)cc1S(=O)(=O)N(C)C. The molecule has 0 atom stereocenters. The Morgan fingerprint density at radius 2 is 1.96 bits per heavy atom. The molecule has 0 aliphatic carbocycles. The highest BCUT2D eigenvalue weighted by Gasteiger charge is 2.24. The first-order valence-corrected chi connectivity index (χ1v) is 8.92. The number of sulfonamides is 1. The van der Waals surface area contributed by atoms with Gasteiger partial charge in [0.2, 0.25) is 10.0 Å². The highest BCUT2D eigenvalue weighted by molar-refractivity contribution is 7.89. The van der Waals surface area contributed by atoms with Gasteiger partial charge in [0.15, 0.2) is 0 Å². The third kappa shape index (κ3) is 4.01. The van der Waals surface area contributed by atoms with Gasteiger partial charge in [0.1, 0.15) is 10.6 Å². The zero-order chi connectivity index (χ0) is 17.0. The van der Waals surface area contributed by atoms with Crippen LogP contribution in [0.4, 0.5) is 0 Å². The normalized spacial score (nSPS) is 16.3. The number of benzene rings is 1. The number of nitrogens with zero attached hydrogens (tertiary/aromatic N) is 1. The Kier molecular flexibility index (Phi) is 5.61. The molecule has 7 nitrogen and oxygen atoms in total. The Morgan fingerprint density at radius 1 is 1.30 bits per heavy atom. The zero-order valence-electron chi connectivity index (χ0n) is 13.6. The third-order valence-corrected chi connectivity index (χ3v) is 5.70. The number of amides is 1. The molecule has 128 valence electrons. The van der Waals surface area contributed by atoms with Gasteiger partial charge in [-0.15, -0.1) is 0 Å². The average Bonchev–Trinajstić information content (AvgIpc) is 2.55. The number of carbonyl (C=O) groups excluding carboxylic acids is 1. The van der Waals surface area contributed by atoms with E-state index >= 15 is 0 Å². The van der Waals surface area contributed by atoms with Crippen molar-refractivity contribution in [1.29, 1.82) is 0 Å². The number of methoxy groups -OCH3 is 1. The van der Waals surface area contributed by atoms with Gasteiger partial charge in [-0.1, -0.05) is 0 Å². The molecule has 0 spiro atoms. The van der Waals surface area contributed by atoms with Crippen LogP contribution >= 0.6 is 0 Å². The minimum absolute atomic E-state index is 0.0111. The van der Waals surface area contributed by atoms with Crippen molar-refractivity contribution in [3.05, 3.63) is 23.8 Å². The van der Waals surface area contributed by atoms with Gasteiger partial charge in [-0.25, -0.2) is 12.7 Å². The van der Waals surface area contributed by atoms with Crippen LogP contribution in [0.5, 0.6) is 5.75 Å². The zero-order valence-corrected chi connectivity index (χ0v) is 14.4. The van der Waals surface area contributed by atoms with E-state index in [9.17, 15) is 13.2 Å². The minimum Gasteiger partial charge on any atom is -0.495 e. The first kappa shape index (κ1) is 17.7. The molecule has 0 unspecified atom stereocenters. The maximum Gasteiger partial charge on any atom is 0.251 e. The lowest BCUT2D eigenvalue weighted by Crippen LogP contribution is -2.42. The summed E-state index contributed by atoms with van der Waals surface area (Å²) in [5.74, 6) is -0.0492. The molecule has 2 rings (SSSR count). The van der Waals surface area contributed by atoms with Gasteiger partial charge in [-0.3, -0.25) is 4.79 Å². The van der Waals surface area contributed by atoms with Crippen molar-refractivity contribution < 1.29 is 17.9 Å². The van der Waals surface area contributed by atoms with Gasteiger partial charge in [-0.2, -0.15) is 0 Å². The number of carbonyl (C=O) groups is 1. The van der Waals surface area contributed by atoms with Crippen molar-refractivity contribution in [3.63, 3.8) is 0 Å². The van der Waals surface area contributed by atoms with Gasteiger partial charge < -0.3 is 15.4 Å². The van der Waals surface area contributed by atoms with Crippen molar-refractivity contribution in [2.45, 2.75) is 23.8 Å². The summed E-state index contributed by atoms with van der Waals surface area (Å²) in [7, 11) is 0.593. The summed E-state index contributed by atoms with van der Waals surface area (Å²) >= 11 is 0. The first-order valence-electron chi connectivity index (χ1n) is 7.48. The van der Waals surface area contributed by atoms with E-state index in [1.807, 2.05) is 0 Å². The molecular formula is C15H23N3O4S. The summed E-state index contributed by atoms with van der Waals surface area (Å²) in [6.45, 7) is 1.74. The third-order valence-electron chi connectivity index (χ3n) is 3.86. The number of rotatable bonds is 5. The summed E-state index contributed by atoms with van der Waals surface area (Å²) in [5, 5.41) is 6.18. The van der Waals surface area contributed by atoms with Gasteiger partial charge in [0, 0.05) is 25.7 Å². The topological polar surface area (TPSA) is 87.7 Å². The fraction of sp³-hybridized carbons (Fsp3) is 0.533. The molecule has 2 N–H and O–H groups in total. The highest BCUT2D eigenvalue weighted by atomic mass is 32.2. The van der Waals surface area contributed by atoms with Crippen LogP contribution in [0.3, 0.4) is 0 Å². The summed E-state index contributed by atoms with van der Waals surface area (Å²) in [6.07, 6.45) is 1.73. The molecule has 0 radical (unpaired) electrons. The molecule has 1 saturated heterocycles. The molecular weight excluding hydrogens is 318 g/mol. The van der Waals surface area contributed by atoms with E-state index in [2.05, 4.69) is 10.6 Å². The molecule has 8 heteroatoms. The number of hydrogen-bond donors (Lipinski definition) is 2. The average molecular weight is 341 g/mol. The maximum absolute atomic E-state index is 12.4. The summed E-state index contributed by atoms with van der Waals surface area (Å²) in [4.78, 5) is 12.4. The van der Waals surface area contributed by atoms with E-state index in [1.54, 1.807) is 6.07 Å². The number of ether oxygens (including phenoxy) is 1. The number of nitrogens with one attached hydrogen (secondary N) is 2. The molecule has 1 amide bonds. The van der Waals surface area contributed by atoms with Crippen molar-refractivity contribution in [3.8, 4) is 5.75 Å². The van der Waals surface area contributed by atoms with Crippen molar-refractivity contribution in [2.75, 3.05) is 34.3 Å². The molecule has 1 aliphatic heterocycles. The molecule has 23 heavy (non-hydrogen) atoms. The molecule has 1 aliphatic rings. The molecule has 1 heterocycles. The summed E-state index contributed by atoms with van der Waals surface area (Å²) < 4.78 is 31.0. The summed E-state index contributed by atoms with van der Waals surface area (Å²) in [5.41, 5.74) is 0.310. The van der Waals surface area contributed by atoms with E-state index in [1.165, 1.54) is 33.3 Å². The summed E-state index contributed by atoms with van der Waals surface area (Å²) in [6, 6.07) is 4.56. The fourth-order valence-electron chi connectivity index (χ4n) is 2.45. The van der Waals surface area contributed by atoms with E-state index in [4.69, 9.17) is 4.74 Å². The van der Waals surface area contributed by atoms with Gasteiger partial charge in [0.25, 0.3) is 5.91 Å². The molecule has 1 fully saturated rings. The quantitative estimate of drug-likeness (QED) is 0.811. The molecule has 1 aromatic carbocycles. The second kappa shape index (κ2) is 7.29. The van der Waals surface area contributed by atoms with Crippen LogP contribution < -0.4 is 15.4 Å². The Hall–Kier alpha value is -1.64. The lowest BCUT2D eigenvalue weighted by Gasteiger charge is -2.24. The largest absolute Gasteiger partial charge is 0.495 e. The lowest BCUT2D eigenvalue weighted by molar-refractivity contribution is 0.0929. The van der Waals surface area contributed by atoms with Crippen LogP contribution in [0.15, 0.2) is 23.1 Å². The van der Waals surface area contributed by atoms with Crippen LogP contribution in [0, 0.1) is 0 Å². The van der Waals surface area contributed by atoms with Gasteiger partial charge in [0.05, 0.1) is 7.11 Å². The smallest absolute Gasteiger partial charge is 0.251 e. The molecule has 0 bridgehead atoms. The predicted octanol–water partition coefficient (Wildman–Crippen LogP) is 0.427. The fourth-order valence-corrected chi connectivity index (χ4v) is 3.53. The standard InChI is InChI=1S/C15H23N3O4S/c1-18(2)23(20,21)14-10-11(4-5-13(14)22-3)15(19)17-12-6-8-16-9-7-12/h4-5,10,12,16H,6-9H2,1-3H3,(H,17,19). The first-order chi connectivity index (χ1) is 10.9. The van der Waals surface area contributed by atoms with Crippen molar-refractivity contribution >= 4 is 15.9 Å². The molecule has 0 saturated carbocycles. The van der Waals surface area contributed by atoms with Crippen LogP contribution in [-0.4, -0.2) is 59.0 Å². The monoisotopic (exact) mass is 341 g/mol. The second-order valence-electron chi connectivity index (χ2n) is 5.65. The predicted molar refractivity (Wildman–Crippen MR) is 87.2 cm³/mol. The minimum atomic E-state index is -3.69. The van der Waals surface area contributed by atoms with Crippen molar-refractivity contribution in [1.82, 2.24) is 14.9 Å². The Balaban J connectivity index is 2.28. The Bertz CT molecular complexity index is 667. The lowest BCUT2D eigenvalue weighted by atomic mass is 10.1. The molecule has 1 aromatic rings. The maximum atomic E-state index is 12.4. The van der Waals surface area contributed by atoms with Crippen LogP contribution in [0.25, 0.3) is 0 Å². The van der Waals surface area contributed by atoms with E-state index < -0.39 is 10.0 Å². The number of hydrogen-bond acceptors (Lipinski definition) is 5. The number of piperidine rings is 1. The van der Waals surface area contributed by atoms with Crippen LogP contribution in [-0.2, 0) is 10.0 Å². The van der Waals surface area contributed by atoms with E-state index in [-0.39, 0.29) is 22.6 Å². The van der Waals surface area contributed by atoms with E-state index in [0.717, 1.165) is 30.2 Å².